The Morgan fingerprint density at radius 3 is 2.32 bits per heavy atom. The van der Waals surface area contributed by atoms with Crippen LogP contribution in [0.15, 0.2) is 53.3 Å². The minimum absolute atomic E-state index is 0.0287. The van der Waals surface area contributed by atoms with Gasteiger partial charge in [-0.05, 0) is 79.1 Å². The molecule has 0 radical (unpaired) electrons. The van der Waals surface area contributed by atoms with Crippen molar-refractivity contribution >= 4 is 55.2 Å². The lowest BCUT2D eigenvalue weighted by molar-refractivity contribution is -0.134. The third-order valence-electron chi connectivity index (χ3n) is 11.7. The number of nitrogens with one attached hydrogen (secondary N) is 2. The summed E-state index contributed by atoms with van der Waals surface area (Å²) in [6, 6.07) is 6.14. The fourth-order valence-electron chi connectivity index (χ4n) is 8.66. The van der Waals surface area contributed by atoms with Gasteiger partial charge in [-0.15, -0.1) is 0 Å². The minimum atomic E-state index is -4.60. The van der Waals surface area contributed by atoms with Gasteiger partial charge in [-0.2, -0.15) is 32.1 Å². The van der Waals surface area contributed by atoms with E-state index in [2.05, 4.69) is 25.2 Å². The van der Waals surface area contributed by atoms with Crippen molar-refractivity contribution in [2.45, 2.75) is 93.8 Å². The number of carbonyl (C=O) groups excluding carboxylic acids is 1. The number of alkyl halides is 9. The van der Waals surface area contributed by atoms with Crippen LogP contribution in [-0.4, -0.2) is 61.3 Å². The molecular weight excluding hydrogens is 945 g/mol. The van der Waals surface area contributed by atoms with Crippen LogP contribution in [0, 0.1) is 17.6 Å². The van der Waals surface area contributed by atoms with Crippen LogP contribution in [0.2, 0.25) is 5.02 Å². The molecule has 0 saturated heterocycles. The molecule has 3 aromatic heterocycles. The molecule has 3 heterocycles. The van der Waals surface area contributed by atoms with Crippen molar-refractivity contribution in [3.8, 4) is 5.69 Å². The summed E-state index contributed by atoms with van der Waals surface area (Å²) in [7, 11) is -4.14. The monoisotopic (exact) mass is 976 g/mol. The van der Waals surface area contributed by atoms with Gasteiger partial charge >= 0.3 is 6.18 Å². The number of aryl methyl sites for hydroxylation is 1. The molecule has 0 bridgehead atoms. The van der Waals surface area contributed by atoms with E-state index in [9.17, 15) is 57.5 Å². The molecule has 3 atom stereocenters. The molecular formula is C41H32ClF11N8O4S. The van der Waals surface area contributed by atoms with Crippen LogP contribution in [0.4, 0.5) is 54.1 Å². The number of rotatable bonds is 15. The normalized spacial score (nSPS) is 18.3. The van der Waals surface area contributed by atoms with Gasteiger partial charge < -0.3 is 5.32 Å². The molecule has 1 amide bonds. The SMILES string of the molecule is O=C(Cn1nc(C(F)F)c2c1C(F)(F)C1C[C@@H]21)N[C@@H](Cc1cc(F)cc(F)c1)c1nc2cc(CCC(F)(F)F)ccc2c(=O)n1-c1ccc(Cl)c2c(NS(=O)(=O)C3CC3)nn(CC(F)F)c12. The predicted molar refractivity (Wildman–Crippen MR) is 214 cm³/mol. The first-order chi connectivity index (χ1) is 31.0. The molecule has 3 aliphatic rings. The lowest BCUT2D eigenvalue weighted by atomic mass is 10.0. The minimum Gasteiger partial charge on any atom is -0.344 e. The zero-order valence-electron chi connectivity index (χ0n) is 33.5. The third kappa shape index (κ3) is 8.45. The van der Waals surface area contributed by atoms with Gasteiger partial charge in [-0.25, -0.2) is 39.7 Å². The number of fused-ring (bicyclic) bond motifs is 5. The summed E-state index contributed by atoms with van der Waals surface area (Å²) in [6.45, 7) is -2.36. The molecule has 12 nitrogen and oxygen atoms in total. The number of amides is 1. The van der Waals surface area contributed by atoms with Gasteiger partial charge in [-0.1, -0.05) is 17.7 Å². The van der Waals surface area contributed by atoms with E-state index >= 15 is 8.78 Å². The quantitative estimate of drug-likeness (QED) is 0.0979. The summed E-state index contributed by atoms with van der Waals surface area (Å²) in [5.74, 6) is -10.4. The molecule has 6 aromatic rings. The first kappa shape index (κ1) is 45.4. The van der Waals surface area contributed by atoms with Crippen LogP contribution in [0.25, 0.3) is 27.5 Å². The van der Waals surface area contributed by atoms with Gasteiger partial charge in [0.1, 0.15) is 41.9 Å². The number of aromatic nitrogens is 6. The van der Waals surface area contributed by atoms with E-state index in [1.54, 1.807) is 0 Å². The molecule has 0 spiro atoms. The first-order valence-corrected chi connectivity index (χ1v) is 22.1. The van der Waals surface area contributed by atoms with E-state index in [0.29, 0.717) is 15.4 Å². The molecule has 350 valence electrons. The largest absolute Gasteiger partial charge is 0.389 e. The summed E-state index contributed by atoms with van der Waals surface area (Å²) >= 11 is 6.59. The van der Waals surface area contributed by atoms with Crippen molar-refractivity contribution in [2.75, 3.05) is 4.72 Å². The van der Waals surface area contributed by atoms with Gasteiger partial charge in [0.05, 0.1) is 43.8 Å². The van der Waals surface area contributed by atoms with Crippen LogP contribution < -0.4 is 15.6 Å². The average Bonchev–Trinajstić information content (AvgIpc) is 4.14. The average molecular weight is 977 g/mol. The molecule has 1 unspecified atom stereocenters. The maximum absolute atomic E-state index is 15.5. The Morgan fingerprint density at radius 2 is 1.67 bits per heavy atom. The van der Waals surface area contributed by atoms with Gasteiger partial charge in [0, 0.05) is 30.4 Å². The van der Waals surface area contributed by atoms with Crippen LogP contribution in [-0.2, 0) is 46.7 Å². The van der Waals surface area contributed by atoms with Crippen molar-refractivity contribution < 1.29 is 61.5 Å². The maximum Gasteiger partial charge on any atom is 0.389 e. The van der Waals surface area contributed by atoms with Crippen LogP contribution in [0.1, 0.15) is 78.0 Å². The van der Waals surface area contributed by atoms with E-state index in [1.165, 1.54) is 6.07 Å². The summed E-state index contributed by atoms with van der Waals surface area (Å²) in [4.78, 5) is 33.6. The number of nitrogens with zero attached hydrogens (tertiary/aromatic N) is 6. The number of hydrogen-bond donors (Lipinski definition) is 2. The Labute approximate surface area is 369 Å². The van der Waals surface area contributed by atoms with Gasteiger partial charge in [0.2, 0.25) is 15.9 Å². The number of hydrogen-bond acceptors (Lipinski definition) is 7. The lowest BCUT2D eigenvalue weighted by Crippen LogP contribution is -2.38. The molecule has 66 heavy (non-hydrogen) atoms. The second-order valence-corrected chi connectivity index (χ2v) is 18.8. The molecule has 2 N–H and O–H groups in total. The maximum atomic E-state index is 15.5. The molecule has 2 saturated carbocycles. The first-order valence-electron chi connectivity index (χ1n) is 20.1. The summed E-state index contributed by atoms with van der Waals surface area (Å²) in [6.07, 6.45) is -13.2. The Morgan fingerprint density at radius 1 is 0.955 bits per heavy atom. The van der Waals surface area contributed by atoms with Gasteiger partial charge in [-0.3, -0.25) is 28.2 Å². The van der Waals surface area contributed by atoms with Gasteiger partial charge in [0.25, 0.3) is 24.3 Å². The number of benzene rings is 3. The number of anilines is 1. The van der Waals surface area contributed by atoms with Crippen molar-refractivity contribution in [3.05, 3.63) is 109 Å². The zero-order chi connectivity index (χ0) is 47.4. The van der Waals surface area contributed by atoms with E-state index in [-0.39, 0.29) is 57.4 Å². The summed E-state index contributed by atoms with van der Waals surface area (Å²) in [5, 5.41) is 8.55. The Bertz CT molecular complexity index is 3110. The molecule has 9 rings (SSSR count). The van der Waals surface area contributed by atoms with E-state index in [4.69, 9.17) is 11.6 Å². The fraction of sp³-hybridized carbons (Fsp3) is 0.390. The smallest absolute Gasteiger partial charge is 0.344 e. The van der Waals surface area contributed by atoms with E-state index in [1.807, 2.05) is 0 Å². The standard InChI is InChI=1S/C41H32ClF11N8O4S/c42-25-5-6-28(34-32(25)37(57-59(34)15-29(45)46)58-66(64,65)21-2-3-21)61-38(55-26-11-17(7-8-40(49,50)51)1-4-22(26)39(61)63)27(12-18-9-19(43)13-20(44)10-18)54-30(62)16-60-35-31(33(56-60)36(47)48)23-14-24(23)41(35,52)53/h1,4-6,9-11,13,21,23-24,27,29,36H,2-3,7-8,12,14-16H2,(H,54,62)(H,57,58)/t23-,24?,27+/m1/s1. The van der Waals surface area contributed by atoms with Crippen molar-refractivity contribution in [1.29, 1.82) is 0 Å². The van der Waals surface area contributed by atoms with Crippen LogP contribution in [0.5, 0.6) is 0 Å². The number of halogens is 12. The topological polar surface area (TPSA) is 146 Å². The Hall–Kier alpha value is -5.78. The highest BCUT2D eigenvalue weighted by Gasteiger charge is 2.67. The Balaban J connectivity index is 1.25. The third-order valence-corrected chi connectivity index (χ3v) is 13.8. The highest BCUT2D eigenvalue weighted by molar-refractivity contribution is 7.93. The van der Waals surface area contributed by atoms with Crippen LogP contribution >= 0.6 is 11.6 Å². The van der Waals surface area contributed by atoms with Crippen molar-refractivity contribution in [3.63, 3.8) is 0 Å². The highest BCUT2D eigenvalue weighted by Crippen LogP contribution is 2.68. The second kappa shape index (κ2) is 16.2. The lowest BCUT2D eigenvalue weighted by Gasteiger charge is -2.24. The molecule has 3 aromatic carbocycles. The van der Waals surface area contributed by atoms with E-state index in [0.717, 1.165) is 41.0 Å². The molecule has 2 fully saturated rings. The second-order valence-electron chi connectivity index (χ2n) is 16.4. The van der Waals surface area contributed by atoms with Crippen molar-refractivity contribution in [2.24, 2.45) is 5.92 Å². The van der Waals surface area contributed by atoms with Gasteiger partial charge in [0.15, 0.2) is 5.82 Å². The van der Waals surface area contributed by atoms with Crippen LogP contribution in [0.3, 0.4) is 0 Å². The molecule has 3 aliphatic carbocycles. The molecule has 0 aliphatic heterocycles. The fourth-order valence-corrected chi connectivity index (χ4v) is 10.2. The molecule has 25 heteroatoms. The number of sulfonamides is 1. The summed E-state index contributed by atoms with van der Waals surface area (Å²) < 4.78 is 188. The summed E-state index contributed by atoms with van der Waals surface area (Å²) in [5.41, 5.74) is -4.57. The number of carbonyl (C=O) groups is 1. The van der Waals surface area contributed by atoms with E-state index < -0.39 is 148 Å². The zero-order valence-corrected chi connectivity index (χ0v) is 35.1. The van der Waals surface area contributed by atoms with Crippen molar-refractivity contribution in [1.82, 2.24) is 34.4 Å². The Kier molecular flexibility index (Phi) is 11.2. The predicted octanol–water partition coefficient (Wildman–Crippen LogP) is 8.77. The highest BCUT2D eigenvalue weighted by atomic mass is 35.5.